The largest absolute Gasteiger partial charge is 0.345 e. The van der Waals surface area contributed by atoms with E-state index < -0.39 is 0 Å². The second-order valence-corrected chi connectivity index (χ2v) is 8.21. The Morgan fingerprint density at radius 2 is 1.88 bits per heavy atom. The monoisotopic (exact) mass is 369 g/mol. The highest BCUT2D eigenvalue weighted by Gasteiger charge is 2.23. The number of hydrogen-bond donors (Lipinski definition) is 0. The molecule has 0 N–H and O–H groups in total. The van der Waals surface area contributed by atoms with Gasteiger partial charge in [0.1, 0.15) is 16.6 Å². The van der Waals surface area contributed by atoms with Crippen molar-refractivity contribution in [1.29, 1.82) is 5.26 Å². The van der Waals surface area contributed by atoms with Crippen LogP contribution in [-0.4, -0.2) is 47.6 Å². The quantitative estimate of drug-likeness (QED) is 0.828. The van der Waals surface area contributed by atoms with Crippen molar-refractivity contribution in [2.75, 3.05) is 37.6 Å². The summed E-state index contributed by atoms with van der Waals surface area (Å²) in [6, 6.07) is 5.26. The summed E-state index contributed by atoms with van der Waals surface area (Å²) in [4.78, 5) is 26.2. The normalized spacial score (nSPS) is 19.6. The summed E-state index contributed by atoms with van der Waals surface area (Å²) in [7, 11) is 0. The number of aromatic nitrogens is 2. The first-order valence-electron chi connectivity index (χ1n) is 9.42. The van der Waals surface area contributed by atoms with E-state index in [9.17, 15) is 4.79 Å². The maximum Gasteiger partial charge on any atom is 0.282 e. The van der Waals surface area contributed by atoms with E-state index in [1.165, 1.54) is 50.0 Å². The van der Waals surface area contributed by atoms with Crippen molar-refractivity contribution in [3.8, 4) is 6.07 Å². The topological polar surface area (TPSA) is 73.1 Å². The summed E-state index contributed by atoms with van der Waals surface area (Å²) in [5, 5.41) is 10.2. The van der Waals surface area contributed by atoms with Crippen molar-refractivity contribution in [3.05, 3.63) is 28.2 Å². The summed E-state index contributed by atoms with van der Waals surface area (Å²) in [5.74, 6) is 0.860. The minimum atomic E-state index is -0.254. The minimum absolute atomic E-state index is 0.254. The molecule has 26 heavy (non-hydrogen) atoms. The van der Waals surface area contributed by atoms with E-state index in [-0.39, 0.29) is 5.56 Å². The van der Waals surface area contributed by atoms with E-state index in [1.807, 2.05) is 6.07 Å². The van der Waals surface area contributed by atoms with Crippen LogP contribution < -0.4 is 10.5 Å². The zero-order valence-corrected chi connectivity index (χ0v) is 15.7. The standard InChI is InChI=1S/C19H23N5OS/c20-12-15-6-7-16-17(25)22-19(26-18(16)21-15)24-10-8-23(9-11-24)13-14-4-2-1-3-5-14/h6-7,14H,1-5,8-11,13H2. The van der Waals surface area contributed by atoms with Gasteiger partial charge in [-0.1, -0.05) is 30.6 Å². The van der Waals surface area contributed by atoms with Gasteiger partial charge in [0.25, 0.3) is 5.56 Å². The first-order chi connectivity index (χ1) is 12.7. The van der Waals surface area contributed by atoms with Gasteiger partial charge in [0.05, 0.1) is 5.39 Å². The number of nitrogens with zero attached hydrogens (tertiary/aromatic N) is 5. The summed E-state index contributed by atoms with van der Waals surface area (Å²) in [6.45, 7) is 5.02. The third kappa shape index (κ3) is 3.71. The average molecular weight is 369 g/mol. The summed E-state index contributed by atoms with van der Waals surface area (Å²) in [6.07, 6.45) is 6.93. The first kappa shape index (κ1) is 17.4. The fraction of sp³-hybridized carbons (Fsp3) is 0.579. The molecule has 0 amide bonds. The van der Waals surface area contributed by atoms with Gasteiger partial charge < -0.3 is 4.90 Å². The van der Waals surface area contributed by atoms with E-state index in [2.05, 4.69) is 19.8 Å². The van der Waals surface area contributed by atoms with Crippen molar-refractivity contribution in [3.63, 3.8) is 0 Å². The fourth-order valence-electron chi connectivity index (χ4n) is 3.99. The molecule has 0 radical (unpaired) electrons. The average Bonchev–Trinajstić information content (AvgIpc) is 2.69. The molecular formula is C19H23N5OS. The molecular weight excluding hydrogens is 346 g/mol. The van der Waals surface area contributed by atoms with Crippen molar-refractivity contribution in [2.45, 2.75) is 32.1 Å². The summed E-state index contributed by atoms with van der Waals surface area (Å²) < 4.78 is 0. The zero-order chi connectivity index (χ0) is 17.9. The molecule has 1 saturated heterocycles. The van der Waals surface area contributed by atoms with Crippen LogP contribution in [0.3, 0.4) is 0 Å². The molecule has 1 aliphatic heterocycles. The molecule has 0 aromatic carbocycles. The van der Waals surface area contributed by atoms with Gasteiger partial charge in [0, 0.05) is 32.7 Å². The molecule has 2 fully saturated rings. The van der Waals surface area contributed by atoms with Crippen LogP contribution >= 0.6 is 11.3 Å². The lowest BCUT2D eigenvalue weighted by molar-refractivity contribution is 0.192. The molecule has 0 bridgehead atoms. The van der Waals surface area contributed by atoms with Gasteiger partial charge >= 0.3 is 0 Å². The lowest BCUT2D eigenvalue weighted by Gasteiger charge is -2.37. The van der Waals surface area contributed by atoms with Gasteiger partial charge in [-0.05, 0) is 30.9 Å². The Hall–Kier alpha value is -2.04. The second kappa shape index (κ2) is 7.68. The van der Waals surface area contributed by atoms with Crippen LogP contribution in [0.15, 0.2) is 16.9 Å². The number of piperazine rings is 1. The van der Waals surface area contributed by atoms with Crippen LogP contribution in [0.5, 0.6) is 0 Å². The van der Waals surface area contributed by atoms with Gasteiger partial charge in [0.2, 0.25) is 0 Å². The molecule has 136 valence electrons. The molecule has 6 nitrogen and oxygen atoms in total. The molecule has 0 spiro atoms. The molecule has 1 saturated carbocycles. The highest BCUT2D eigenvalue weighted by molar-refractivity contribution is 7.21. The Balaban J connectivity index is 1.45. The van der Waals surface area contributed by atoms with E-state index in [1.54, 1.807) is 12.1 Å². The molecule has 1 aliphatic carbocycles. The maximum absolute atomic E-state index is 12.3. The Labute approximate surface area is 157 Å². The van der Waals surface area contributed by atoms with Crippen LogP contribution in [0.1, 0.15) is 37.8 Å². The van der Waals surface area contributed by atoms with Crippen molar-refractivity contribution in [1.82, 2.24) is 14.9 Å². The van der Waals surface area contributed by atoms with Crippen LogP contribution in [0.4, 0.5) is 5.13 Å². The van der Waals surface area contributed by atoms with Gasteiger partial charge in [0.15, 0.2) is 5.13 Å². The number of anilines is 1. The number of hydrogen-bond acceptors (Lipinski definition) is 7. The number of nitriles is 1. The number of pyridine rings is 1. The minimum Gasteiger partial charge on any atom is -0.345 e. The SMILES string of the molecule is N#Cc1ccc2c(=O)nc(N3CCN(CC4CCCCC4)CC3)sc2n1. The molecule has 2 aromatic heterocycles. The molecule has 2 aliphatic rings. The smallest absolute Gasteiger partial charge is 0.282 e. The van der Waals surface area contributed by atoms with Crippen LogP contribution in [0, 0.1) is 17.2 Å². The molecule has 3 heterocycles. The molecule has 2 aromatic rings. The number of rotatable bonds is 3. The van der Waals surface area contributed by atoms with Gasteiger partial charge in [-0.15, -0.1) is 0 Å². The lowest BCUT2D eigenvalue weighted by atomic mass is 9.89. The van der Waals surface area contributed by atoms with E-state index in [4.69, 9.17) is 5.26 Å². The number of fused-ring (bicyclic) bond motifs is 1. The maximum atomic E-state index is 12.3. The fourth-order valence-corrected chi connectivity index (χ4v) is 5.01. The molecule has 0 atom stereocenters. The van der Waals surface area contributed by atoms with Crippen molar-refractivity contribution >= 4 is 26.7 Å². The lowest BCUT2D eigenvalue weighted by Crippen LogP contribution is -2.48. The van der Waals surface area contributed by atoms with Crippen LogP contribution in [0.2, 0.25) is 0 Å². The van der Waals surface area contributed by atoms with Gasteiger partial charge in [-0.3, -0.25) is 9.69 Å². The van der Waals surface area contributed by atoms with Crippen molar-refractivity contribution in [2.24, 2.45) is 5.92 Å². The highest BCUT2D eigenvalue weighted by atomic mass is 32.1. The molecule has 0 unspecified atom stereocenters. The van der Waals surface area contributed by atoms with E-state index in [0.717, 1.165) is 37.2 Å². The van der Waals surface area contributed by atoms with E-state index >= 15 is 0 Å². The predicted octanol–water partition coefficient (Wildman–Crippen LogP) is 2.63. The third-order valence-electron chi connectivity index (χ3n) is 5.47. The molecule has 4 rings (SSSR count). The predicted molar refractivity (Wildman–Crippen MR) is 104 cm³/mol. The Morgan fingerprint density at radius 1 is 1.12 bits per heavy atom. The first-order valence-corrected chi connectivity index (χ1v) is 10.2. The molecule has 7 heteroatoms. The van der Waals surface area contributed by atoms with Crippen LogP contribution in [0.25, 0.3) is 10.2 Å². The second-order valence-electron chi connectivity index (χ2n) is 7.25. The van der Waals surface area contributed by atoms with E-state index in [0.29, 0.717) is 15.9 Å². The van der Waals surface area contributed by atoms with Gasteiger partial charge in [-0.2, -0.15) is 10.2 Å². The summed E-state index contributed by atoms with van der Waals surface area (Å²) in [5.41, 5.74) is 0.0815. The highest BCUT2D eigenvalue weighted by Crippen LogP contribution is 2.26. The Morgan fingerprint density at radius 3 is 2.62 bits per heavy atom. The van der Waals surface area contributed by atoms with Crippen LogP contribution in [-0.2, 0) is 0 Å². The Bertz CT molecular complexity index is 876. The summed E-state index contributed by atoms with van der Waals surface area (Å²) >= 11 is 1.41. The third-order valence-corrected chi connectivity index (χ3v) is 6.51. The zero-order valence-electron chi connectivity index (χ0n) is 14.9. The van der Waals surface area contributed by atoms with Crippen molar-refractivity contribution < 1.29 is 0 Å². The van der Waals surface area contributed by atoms with Gasteiger partial charge in [-0.25, -0.2) is 4.98 Å². The Kier molecular flexibility index (Phi) is 5.14.